The van der Waals surface area contributed by atoms with Gasteiger partial charge in [-0.25, -0.2) is 0 Å². The molecule has 1 fully saturated rings. The topological polar surface area (TPSA) is 27.0 Å². The van der Waals surface area contributed by atoms with Crippen LogP contribution in [0.5, 0.6) is 0 Å². The van der Waals surface area contributed by atoms with E-state index in [1.165, 1.54) is 0 Å². The fourth-order valence-electron chi connectivity index (χ4n) is 2.07. The van der Waals surface area contributed by atoms with Crippen LogP contribution in [0.1, 0.15) is 24.4 Å². The van der Waals surface area contributed by atoms with Gasteiger partial charge in [0.05, 0.1) is 6.07 Å². The molecule has 4 heteroatoms. The maximum atomic E-state index is 9.26. The number of nitrogens with zero attached hydrogens (tertiary/aromatic N) is 2. The van der Waals surface area contributed by atoms with Crippen LogP contribution in [0.2, 0.25) is 10.0 Å². The highest BCUT2D eigenvalue weighted by Crippen LogP contribution is 2.31. The van der Waals surface area contributed by atoms with E-state index in [2.05, 4.69) is 11.0 Å². The first-order valence-corrected chi connectivity index (χ1v) is 6.06. The minimum atomic E-state index is -0.270. The Balaban J connectivity index is 2.32. The molecule has 1 aromatic carbocycles. The Morgan fingerprint density at radius 2 is 1.94 bits per heavy atom. The first kappa shape index (κ1) is 11.7. The van der Waals surface area contributed by atoms with Gasteiger partial charge in [-0.3, -0.25) is 4.90 Å². The van der Waals surface area contributed by atoms with Crippen molar-refractivity contribution >= 4 is 23.2 Å². The quantitative estimate of drug-likeness (QED) is 0.806. The molecule has 1 aromatic rings. The van der Waals surface area contributed by atoms with E-state index in [0.717, 1.165) is 31.5 Å². The summed E-state index contributed by atoms with van der Waals surface area (Å²) in [5, 5.41) is 10.5. The standard InChI is InChI=1S/C12H12Cl2N2/c13-9-3-4-11(14)10(7-9)12(8-15)16-5-1-2-6-16/h3-4,7,12H,1-2,5-6H2. The predicted molar refractivity (Wildman–Crippen MR) is 65.6 cm³/mol. The van der Waals surface area contributed by atoms with Crippen LogP contribution >= 0.6 is 23.2 Å². The largest absolute Gasteiger partial charge is 0.284 e. The first-order valence-electron chi connectivity index (χ1n) is 5.31. The van der Waals surface area contributed by atoms with E-state index in [1.807, 2.05) is 0 Å². The monoisotopic (exact) mass is 254 g/mol. The summed E-state index contributed by atoms with van der Waals surface area (Å²) < 4.78 is 0. The molecule has 1 saturated heterocycles. The Bertz CT molecular complexity index is 420. The smallest absolute Gasteiger partial charge is 0.125 e. The van der Waals surface area contributed by atoms with Gasteiger partial charge in [0.1, 0.15) is 6.04 Å². The molecule has 2 rings (SSSR count). The van der Waals surface area contributed by atoms with Crippen molar-refractivity contribution in [3.8, 4) is 6.07 Å². The van der Waals surface area contributed by atoms with Crippen molar-refractivity contribution in [3.05, 3.63) is 33.8 Å². The third-order valence-electron chi connectivity index (χ3n) is 2.88. The van der Waals surface area contributed by atoms with E-state index in [4.69, 9.17) is 23.2 Å². The number of rotatable bonds is 2. The zero-order chi connectivity index (χ0) is 11.5. The van der Waals surface area contributed by atoms with Gasteiger partial charge in [-0.1, -0.05) is 23.2 Å². The van der Waals surface area contributed by atoms with Crippen molar-refractivity contribution in [2.75, 3.05) is 13.1 Å². The second kappa shape index (κ2) is 5.05. The third-order valence-corrected chi connectivity index (χ3v) is 3.46. The number of likely N-dealkylation sites (tertiary alicyclic amines) is 1. The summed E-state index contributed by atoms with van der Waals surface area (Å²) in [6.07, 6.45) is 2.30. The fraction of sp³-hybridized carbons (Fsp3) is 0.417. The molecule has 0 aromatic heterocycles. The molecule has 16 heavy (non-hydrogen) atoms. The molecule has 0 spiro atoms. The van der Waals surface area contributed by atoms with Gasteiger partial charge >= 0.3 is 0 Å². The zero-order valence-corrected chi connectivity index (χ0v) is 10.3. The highest BCUT2D eigenvalue weighted by molar-refractivity contribution is 6.33. The fourth-order valence-corrected chi connectivity index (χ4v) is 2.47. The molecular formula is C12H12Cl2N2. The molecule has 1 unspecified atom stereocenters. The van der Waals surface area contributed by atoms with Gasteiger partial charge in [0.2, 0.25) is 0 Å². The summed E-state index contributed by atoms with van der Waals surface area (Å²) in [6.45, 7) is 1.92. The van der Waals surface area contributed by atoms with Crippen LogP contribution in [0.15, 0.2) is 18.2 Å². The van der Waals surface area contributed by atoms with Crippen molar-refractivity contribution in [1.82, 2.24) is 4.90 Å². The molecule has 0 bridgehead atoms. The SMILES string of the molecule is N#CC(c1cc(Cl)ccc1Cl)N1CCCC1. The predicted octanol–water partition coefficient (Wildman–Crippen LogP) is 3.65. The number of hydrogen-bond acceptors (Lipinski definition) is 2. The van der Waals surface area contributed by atoms with Crippen LogP contribution < -0.4 is 0 Å². The normalized spacial score (nSPS) is 18.3. The van der Waals surface area contributed by atoms with Crippen molar-refractivity contribution in [1.29, 1.82) is 5.26 Å². The molecule has 1 aliphatic rings. The molecule has 2 nitrogen and oxygen atoms in total. The van der Waals surface area contributed by atoms with Crippen molar-refractivity contribution in [2.45, 2.75) is 18.9 Å². The maximum absolute atomic E-state index is 9.26. The zero-order valence-electron chi connectivity index (χ0n) is 8.79. The Hall–Kier alpha value is -0.750. The van der Waals surface area contributed by atoms with E-state index in [9.17, 15) is 5.26 Å². The average molecular weight is 255 g/mol. The molecule has 0 N–H and O–H groups in total. The second-order valence-electron chi connectivity index (χ2n) is 3.94. The van der Waals surface area contributed by atoms with Gasteiger partial charge in [-0.2, -0.15) is 5.26 Å². The van der Waals surface area contributed by atoms with Crippen LogP contribution in [-0.2, 0) is 0 Å². The Morgan fingerprint density at radius 1 is 1.25 bits per heavy atom. The number of benzene rings is 1. The highest BCUT2D eigenvalue weighted by Gasteiger charge is 2.24. The minimum Gasteiger partial charge on any atom is -0.284 e. The maximum Gasteiger partial charge on any atom is 0.125 e. The summed E-state index contributed by atoms with van der Waals surface area (Å²) >= 11 is 12.0. The Morgan fingerprint density at radius 3 is 2.56 bits per heavy atom. The van der Waals surface area contributed by atoms with Gasteiger partial charge in [0.15, 0.2) is 0 Å². The van der Waals surface area contributed by atoms with Gasteiger partial charge in [-0.15, -0.1) is 0 Å². The van der Waals surface area contributed by atoms with Crippen LogP contribution in [0.3, 0.4) is 0 Å². The van der Waals surface area contributed by atoms with Crippen LogP contribution in [-0.4, -0.2) is 18.0 Å². The summed E-state index contributed by atoms with van der Waals surface area (Å²) in [4.78, 5) is 2.15. The van der Waals surface area contributed by atoms with E-state index < -0.39 is 0 Å². The lowest BCUT2D eigenvalue weighted by Crippen LogP contribution is -2.24. The van der Waals surface area contributed by atoms with E-state index in [-0.39, 0.29) is 6.04 Å². The number of halogens is 2. The highest BCUT2D eigenvalue weighted by atomic mass is 35.5. The summed E-state index contributed by atoms with van der Waals surface area (Å²) in [5.74, 6) is 0. The molecule has 0 amide bonds. The van der Waals surface area contributed by atoms with E-state index >= 15 is 0 Å². The summed E-state index contributed by atoms with van der Waals surface area (Å²) in [7, 11) is 0. The Kier molecular flexibility index (Phi) is 3.70. The van der Waals surface area contributed by atoms with Crippen molar-refractivity contribution in [2.24, 2.45) is 0 Å². The molecule has 1 atom stereocenters. The summed E-state index contributed by atoms with van der Waals surface area (Å²) in [5.41, 5.74) is 0.818. The van der Waals surface area contributed by atoms with Crippen molar-refractivity contribution in [3.63, 3.8) is 0 Å². The van der Waals surface area contributed by atoms with Gasteiger partial charge < -0.3 is 0 Å². The molecule has 84 valence electrons. The van der Waals surface area contributed by atoms with E-state index in [1.54, 1.807) is 18.2 Å². The lowest BCUT2D eigenvalue weighted by Gasteiger charge is -2.22. The van der Waals surface area contributed by atoms with Crippen molar-refractivity contribution < 1.29 is 0 Å². The molecule has 1 heterocycles. The lowest BCUT2D eigenvalue weighted by atomic mass is 10.1. The molecule has 0 saturated carbocycles. The average Bonchev–Trinajstić information content (AvgIpc) is 2.78. The van der Waals surface area contributed by atoms with Crippen LogP contribution in [0, 0.1) is 11.3 Å². The molecule has 1 aliphatic heterocycles. The molecular weight excluding hydrogens is 243 g/mol. The third kappa shape index (κ3) is 2.32. The van der Waals surface area contributed by atoms with Gasteiger partial charge in [0.25, 0.3) is 0 Å². The lowest BCUT2D eigenvalue weighted by molar-refractivity contribution is 0.294. The van der Waals surface area contributed by atoms with Crippen LogP contribution in [0.25, 0.3) is 0 Å². The molecule has 0 aliphatic carbocycles. The number of hydrogen-bond donors (Lipinski definition) is 0. The second-order valence-corrected chi connectivity index (χ2v) is 4.78. The molecule has 0 radical (unpaired) electrons. The van der Waals surface area contributed by atoms with Crippen LogP contribution in [0.4, 0.5) is 0 Å². The van der Waals surface area contributed by atoms with E-state index in [0.29, 0.717) is 10.0 Å². The number of nitriles is 1. The van der Waals surface area contributed by atoms with Gasteiger partial charge in [0, 0.05) is 15.6 Å². The first-order chi connectivity index (χ1) is 7.72. The summed E-state index contributed by atoms with van der Waals surface area (Å²) in [6, 6.07) is 7.32. The minimum absolute atomic E-state index is 0.270. The Labute approximate surface area is 105 Å². The van der Waals surface area contributed by atoms with Gasteiger partial charge in [-0.05, 0) is 44.1 Å².